The van der Waals surface area contributed by atoms with Gasteiger partial charge in [-0.05, 0) is 72.8 Å². The Hall–Kier alpha value is -2.44. The molecule has 1 radical (unpaired) electrons. The molecule has 7 heteroatoms. The van der Waals surface area contributed by atoms with Gasteiger partial charge in [0.1, 0.15) is 31.8 Å². The quantitative estimate of drug-likeness (QED) is 0.0994. The van der Waals surface area contributed by atoms with Gasteiger partial charge in [0.05, 0.1) is 15.8 Å². The molecule has 0 N–H and O–H groups in total. The third-order valence-corrected chi connectivity index (χ3v) is 13.3. The molecule has 236 valence electrons. The van der Waals surface area contributed by atoms with Crippen LogP contribution in [0.5, 0.6) is 0 Å². The molecule has 0 fully saturated rings. The van der Waals surface area contributed by atoms with Crippen LogP contribution in [0.15, 0.2) is 182 Å². The minimum Gasteiger partial charge on any atom is -0.0620 e. The van der Waals surface area contributed by atoms with Crippen molar-refractivity contribution in [3.05, 3.63) is 182 Å². The van der Waals surface area contributed by atoms with Crippen LogP contribution in [-0.2, 0) is 13.7 Å². The summed E-state index contributed by atoms with van der Waals surface area (Å²) in [5.41, 5.74) is 0. The molecule has 0 aliphatic heterocycles. The standard InChI is InChI=1S/2C18H15P.C3H6NSSe.BrH.Ni/c2*1-4-10-16(11-5-1)19(17-12-6-2-7-13-17)18-14-8-3-9-15-18;1-4(2)3(5)6;;/h2*1-15H;1-2H3;1H;/q;;;;+1/p+1. The Balaban J connectivity index is 0.000000204. The fraction of sp³-hybridized carbons (Fsp3) is 0.0513. The van der Waals surface area contributed by atoms with Crippen LogP contribution in [-0.4, -0.2) is 38.9 Å². The summed E-state index contributed by atoms with van der Waals surface area (Å²) < 4.78 is 0.801. The SMILES string of the molecule is CN(C)C(=S)[Se].[Ni][Br].c1ccc([PH+](c2ccccc2)c2ccccc2)cc1.c1ccc([PH+](c2ccccc2)c2ccccc2)cc1. The molecular weight excluding hydrogens is 794 g/mol. The van der Waals surface area contributed by atoms with Crippen molar-refractivity contribution in [3.8, 4) is 0 Å². The van der Waals surface area contributed by atoms with Crippen LogP contribution >= 0.6 is 42.3 Å². The van der Waals surface area contributed by atoms with E-state index in [1.165, 1.54) is 31.8 Å². The molecule has 46 heavy (non-hydrogen) atoms. The van der Waals surface area contributed by atoms with Crippen molar-refractivity contribution in [3.63, 3.8) is 0 Å². The molecule has 6 aromatic carbocycles. The summed E-state index contributed by atoms with van der Waals surface area (Å²) in [6, 6.07) is 65.0. The maximum Gasteiger partial charge on any atom is 0.102 e. The minimum atomic E-state index is -0.877. The third kappa shape index (κ3) is 12.6. The molecule has 0 saturated carbocycles. The molecule has 0 heterocycles. The second-order valence-corrected chi connectivity index (χ2v) is 16.9. The van der Waals surface area contributed by atoms with Gasteiger partial charge in [0.25, 0.3) is 0 Å². The summed E-state index contributed by atoms with van der Waals surface area (Å²) in [4.78, 5) is 1.84. The number of thiocarbonyl (C=S) groups is 1. The predicted molar refractivity (Wildman–Crippen MR) is 214 cm³/mol. The Morgan fingerprint density at radius 2 is 0.565 bits per heavy atom. The number of benzene rings is 6. The molecule has 0 saturated heterocycles. The van der Waals surface area contributed by atoms with Gasteiger partial charge in [-0.2, -0.15) is 0 Å². The van der Waals surface area contributed by atoms with Crippen molar-refractivity contribution in [2.24, 2.45) is 0 Å². The molecule has 1 nitrogen and oxygen atoms in total. The smallest absolute Gasteiger partial charge is 0.0620 e. The molecule has 0 amide bonds. The van der Waals surface area contributed by atoms with E-state index in [-0.39, 0.29) is 0 Å². The fourth-order valence-electron chi connectivity index (χ4n) is 4.63. The van der Waals surface area contributed by atoms with E-state index >= 15 is 0 Å². The monoisotopic (exact) mass is 831 g/mol. The third-order valence-electron chi connectivity index (χ3n) is 6.74. The summed E-state index contributed by atoms with van der Waals surface area (Å²) >= 11 is 13.6. The minimum absolute atomic E-state index is 0.801. The number of hydrogen-bond acceptors (Lipinski definition) is 1. The van der Waals surface area contributed by atoms with Crippen LogP contribution in [0, 0.1) is 0 Å². The van der Waals surface area contributed by atoms with Crippen LogP contribution in [0.4, 0.5) is 0 Å². The summed E-state index contributed by atoms with van der Waals surface area (Å²) in [7, 11) is 2.05. The van der Waals surface area contributed by atoms with E-state index in [2.05, 4.69) is 238 Å². The summed E-state index contributed by atoms with van der Waals surface area (Å²) in [5.74, 6) is 0. The number of nitrogens with zero attached hydrogens (tertiary/aromatic N) is 1. The van der Waals surface area contributed by atoms with Gasteiger partial charge >= 0.3 is 79.0 Å². The second kappa shape index (κ2) is 22.2. The van der Waals surface area contributed by atoms with Gasteiger partial charge in [0, 0.05) is 0 Å². The molecule has 0 unspecified atom stereocenters. The van der Waals surface area contributed by atoms with E-state index in [9.17, 15) is 0 Å². The van der Waals surface area contributed by atoms with Crippen molar-refractivity contribution >= 4 is 94.0 Å². The van der Waals surface area contributed by atoms with Crippen LogP contribution in [0.25, 0.3) is 0 Å². The predicted octanol–water partition coefficient (Wildman–Crippen LogP) is 7.20. The van der Waals surface area contributed by atoms with E-state index in [0.717, 1.165) is 3.89 Å². The van der Waals surface area contributed by atoms with E-state index < -0.39 is 15.8 Å². The fourth-order valence-corrected chi connectivity index (χ4v) is 9.78. The molecular formula is C39H38BrNNiP2SSe+2. The van der Waals surface area contributed by atoms with Crippen molar-refractivity contribution in [2.45, 2.75) is 0 Å². The summed E-state index contributed by atoms with van der Waals surface area (Å²) in [6.07, 6.45) is 0. The zero-order chi connectivity index (χ0) is 33.0. The average molecular weight is 832 g/mol. The van der Waals surface area contributed by atoms with Gasteiger partial charge in [0.15, 0.2) is 0 Å². The van der Waals surface area contributed by atoms with E-state index in [1.807, 2.05) is 19.0 Å². The first-order valence-electron chi connectivity index (χ1n) is 14.6. The Labute approximate surface area is 306 Å². The van der Waals surface area contributed by atoms with Gasteiger partial charge < -0.3 is 0 Å². The Bertz CT molecular complexity index is 1350. The van der Waals surface area contributed by atoms with Gasteiger partial charge in [-0.15, -0.1) is 0 Å². The average Bonchev–Trinajstić information content (AvgIpc) is 3.13. The van der Waals surface area contributed by atoms with Crippen LogP contribution in [0.1, 0.15) is 0 Å². The van der Waals surface area contributed by atoms with Crippen molar-refractivity contribution < 1.29 is 13.7 Å². The Kier molecular flexibility index (Phi) is 18.3. The van der Waals surface area contributed by atoms with Crippen LogP contribution in [0.3, 0.4) is 0 Å². The van der Waals surface area contributed by atoms with E-state index in [1.54, 1.807) is 0 Å². The topological polar surface area (TPSA) is 3.24 Å². The number of halogens is 1. The van der Waals surface area contributed by atoms with Crippen molar-refractivity contribution in [1.29, 1.82) is 0 Å². The zero-order valence-corrected chi connectivity index (χ0v) is 32.9. The molecule has 0 atom stereocenters. The normalized spacial score (nSPS) is 9.89. The molecule has 6 aromatic rings. The molecule has 0 aliphatic rings. The molecule has 0 bridgehead atoms. The second-order valence-electron chi connectivity index (χ2n) is 10.1. The number of hydrogen-bond donors (Lipinski definition) is 0. The van der Waals surface area contributed by atoms with E-state index in [4.69, 9.17) is 0 Å². The zero-order valence-electron chi connectivity index (χ0n) is 25.8. The van der Waals surface area contributed by atoms with Gasteiger partial charge in [-0.25, -0.2) is 0 Å². The first-order valence-corrected chi connectivity index (χ1v) is 21.3. The maximum absolute atomic E-state index is 4.69. The Morgan fingerprint density at radius 1 is 0.435 bits per heavy atom. The molecule has 0 aromatic heterocycles. The maximum atomic E-state index is 4.69. The Morgan fingerprint density at radius 3 is 0.674 bits per heavy atom. The number of rotatable bonds is 6. The largest absolute Gasteiger partial charge is 0.102 e. The van der Waals surface area contributed by atoms with Crippen molar-refractivity contribution in [1.82, 2.24) is 4.90 Å². The van der Waals surface area contributed by atoms with Gasteiger partial charge in [0.2, 0.25) is 0 Å². The first kappa shape index (κ1) is 38.0. The van der Waals surface area contributed by atoms with Crippen molar-refractivity contribution in [2.75, 3.05) is 14.1 Å². The first-order chi connectivity index (χ1) is 22.5. The van der Waals surface area contributed by atoms with Gasteiger partial charge in [-0.1, -0.05) is 109 Å². The molecule has 0 aliphatic carbocycles. The summed E-state index contributed by atoms with van der Waals surface area (Å²) in [5, 5.41) is 8.61. The summed E-state index contributed by atoms with van der Waals surface area (Å²) in [6.45, 7) is 0. The van der Waals surface area contributed by atoms with Crippen LogP contribution < -0.4 is 31.8 Å². The van der Waals surface area contributed by atoms with E-state index in [0.29, 0.717) is 0 Å². The molecule has 6 rings (SSSR count). The molecule has 0 spiro atoms. The van der Waals surface area contributed by atoms with Crippen LogP contribution in [0.2, 0.25) is 0 Å². The van der Waals surface area contributed by atoms with Gasteiger partial charge in [-0.3, -0.25) is 0 Å².